The van der Waals surface area contributed by atoms with Crippen LogP contribution in [0.5, 0.6) is 0 Å². The van der Waals surface area contributed by atoms with Gasteiger partial charge < -0.3 is 0 Å². The summed E-state index contributed by atoms with van der Waals surface area (Å²) in [7, 11) is -4.02. The SMILES string of the molecule is CCC1CC(CNS(=O)(=O)O)C[C@H](C)C1. The Morgan fingerprint density at radius 1 is 1.27 bits per heavy atom. The average Bonchev–Trinajstić information content (AvgIpc) is 2.13. The Morgan fingerprint density at radius 2 is 1.87 bits per heavy atom. The van der Waals surface area contributed by atoms with Gasteiger partial charge in [0, 0.05) is 6.54 Å². The van der Waals surface area contributed by atoms with Crippen LogP contribution in [0.4, 0.5) is 0 Å². The van der Waals surface area contributed by atoms with E-state index in [2.05, 4.69) is 18.6 Å². The molecule has 5 heteroatoms. The minimum absolute atomic E-state index is 0.375. The molecule has 1 aliphatic carbocycles. The molecule has 0 heterocycles. The molecule has 0 aromatic carbocycles. The van der Waals surface area contributed by atoms with E-state index in [1.165, 1.54) is 6.42 Å². The van der Waals surface area contributed by atoms with Gasteiger partial charge in [0.15, 0.2) is 0 Å². The maximum Gasteiger partial charge on any atom is 0.333 e. The average molecular weight is 235 g/mol. The van der Waals surface area contributed by atoms with Crippen LogP contribution < -0.4 is 4.72 Å². The van der Waals surface area contributed by atoms with Crippen molar-refractivity contribution in [3.63, 3.8) is 0 Å². The van der Waals surface area contributed by atoms with E-state index in [4.69, 9.17) is 4.55 Å². The first-order valence-corrected chi connectivity index (χ1v) is 7.06. The van der Waals surface area contributed by atoms with Crippen LogP contribution in [0, 0.1) is 17.8 Å². The normalized spacial score (nSPS) is 32.9. The van der Waals surface area contributed by atoms with Crippen LogP contribution in [-0.4, -0.2) is 19.5 Å². The summed E-state index contributed by atoms with van der Waals surface area (Å²) in [6.45, 7) is 4.76. The van der Waals surface area contributed by atoms with Crippen LogP contribution in [0.25, 0.3) is 0 Å². The quantitative estimate of drug-likeness (QED) is 0.731. The molecule has 0 aromatic rings. The monoisotopic (exact) mass is 235 g/mol. The number of hydrogen-bond donors (Lipinski definition) is 2. The molecule has 2 unspecified atom stereocenters. The van der Waals surface area contributed by atoms with Gasteiger partial charge in [0.2, 0.25) is 0 Å². The van der Waals surface area contributed by atoms with Crippen LogP contribution in [0.15, 0.2) is 0 Å². The zero-order chi connectivity index (χ0) is 11.5. The number of nitrogens with one attached hydrogen (secondary N) is 1. The summed E-state index contributed by atoms with van der Waals surface area (Å²) in [6, 6.07) is 0. The van der Waals surface area contributed by atoms with Crippen molar-refractivity contribution in [1.29, 1.82) is 0 Å². The molecule has 0 amide bonds. The van der Waals surface area contributed by atoms with Crippen molar-refractivity contribution >= 4 is 10.3 Å². The van der Waals surface area contributed by atoms with Gasteiger partial charge >= 0.3 is 10.3 Å². The molecule has 0 aromatic heterocycles. The van der Waals surface area contributed by atoms with Crippen molar-refractivity contribution in [2.24, 2.45) is 17.8 Å². The van der Waals surface area contributed by atoms with E-state index in [1.807, 2.05) is 0 Å². The van der Waals surface area contributed by atoms with Crippen molar-refractivity contribution in [1.82, 2.24) is 4.72 Å². The topological polar surface area (TPSA) is 66.4 Å². The molecule has 0 aliphatic heterocycles. The molecule has 0 saturated heterocycles. The highest BCUT2D eigenvalue weighted by molar-refractivity contribution is 7.83. The summed E-state index contributed by atoms with van der Waals surface area (Å²) < 4.78 is 31.9. The fraction of sp³-hybridized carbons (Fsp3) is 1.00. The molecule has 15 heavy (non-hydrogen) atoms. The second-order valence-corrected chi connectivity index (χ2v) is 6.01. The summed E-state index contributed by atoms with van der Waals surface area (Å²) in [5, 5.41) is 0. The second kappa shape index (κ2) is 5.27. The molecule has 90 valence electrons. The van der Waals surface area contributed by atoms with Gasteiger partial charge in [0.1, 0.15) is 0 Å². The minimum atomic E-state index is -4.02. The Kier molecular flexibility index (Phi) is 4.55. The molecule has 0 radical (unpaired) electrons. The van der Waals surface area contributed by atoms with E-state index in [1.54, 1.807) is 0 Å². The molecule has 1 fully saturated rings. The van der Waals surface area contributed by atoms with E-state index in [0.717, 1.165) is 19.3 Å². The highest BCUT2D eigenvalue weighted by Crippen LogP contribution is 2.34. The van der Waals surface area contributed by atoms with Crippen molar-refractivity contribution in [2.45, 2.75) is 39.5 Å². The van der Waals surface area contributed by atoms with Crippen molar-refractivity contribution < 1.29 is 13.0 Å². The summed E-state index contributed by atoms with van der Waals surface area (Å²) in [6.07, 6.45) is 4.54. The Bertz CT molecular complexity index is 289. The highest BCUT2D eigenvalue weighted by atomic mass is 32.2. The maximum atomic E-state index is 10.6. The molecule has 1 aliphatic rings. The molecule has 0 bridgehead atoms. The van der Waals surface area contributed by atoms with E-state index in [9.17, 15) is 8.42 Å². The van der Waals surface area contributed by atoms with Gasteiger partial charge in [-0.3, -0.25) is 4.55 Å². The van der Waals surface area contributed by atoms with E-state index in [-0.39, 0.29) is 0 Å². The van der Waals surface area contributed by atoms with Gasteiger partial charge in [0.05, 0.1) is 0 Å². The van der Waals surface area contributed by atoms with Crippen LogP contribution in [0.2, 0.25) is 0 Å². The fourth-order valence-electron chi connectivity index (χ4n) is 2.62. The molecule has 0 spiro atoms. The first-order valence-electron chi connectivity index (χ1n) is 5.62. The molecule has 3 atom stereocenters. The van der Waals surface area contributed by atoms with Crippen LogP contribution in [0.3, 0.4) is 0 Å². The predicted molar refractivity (Wildman–Crippen MR) is 59.8 cm³/mol. The van der Waals surface area contributed by atoms with E-state index < -0.39 is 10.3 Å². The third-order valence-electron chi connectivity index (χ3n) is 3.27. The highest BCUT2D eigenvalue weighted by Gasteiger charge is 2.25. The summed E-state index contributed by atoms with van der Waals surface area (Å²) >= 11 is 0. The molecule has 1 rings (SSSR count). The lowest BCUT2D eigenvalue weighted by Crippen LogP contribution is -2.33. The molecule has 2 N–H and O–H groups in total. The lowest BCUT2D eigenvalue weighted by Gasteiger charge is -2.32. The molecule has 1 saturated carbocycles. The van der Waals surface area contributed by atoms with Gasteiger partial charge in [0.25, 0.3) is 0 Å². The van der Waals surface area contributed by atoms with Gasteiger partial charge in [-0.15, -0.1) is 0 Å². The Labute approximate surface area is 92.3 Å². The smallest absolute Gasteiger partial charge is 0.273 e. The third kappa shape index (κ3) is 4.95. The van der Waals surface area contributed by atoms with Crippen molar-refractivity contribution in [3.05, 3.63) is 0 Å². The van der Waals surface area contributed by atoms with Crippen molar-refractivity contribution in [2.75, 3.05) is 6.54 Å². The lowest BCUT2D eigenvalue weighted by atomic mass is 9.75. The standard InChI is InChI=1S/C10H21NO3S/c1-3-9-4-8(2)5-10(6-9)7-11-15(12,13)14/h8-11H,3-7H2,1-2H3,(H,12,13,14)/t8-,9?,10?/m1/s1. The maximum absolute atomic E-state index is 10.6. The zero-order valence-corrected chi connectivity index (χ0v) is 10.3. The van der Waals surface area contributed by atoms with E-state index in [0.29, 0.717) is 24.3 Å². The Balaban J connectivity index is 2.41. The van der Waals surface area contributed by atoms with Crippen molar-refractivity contribution in [3.8, 4) is 0 Å². The molecular formula is C10H21NO3S. The van der Waals surface area contributed by atoms with Crippen LogP contribution in [-0.2, 0) is 10.3 Å². The van der Waals surface area contributed by atoms with Gasteiger partial charge in [-0.05, 0) is 37.0 Å². The van der Waals surface area contributed by atoms with E-state index >= 15 is 0 Å². The number of hydrogen-bond acceptors (Lipinski definition) is 2. The summed E-state index contributed by atoms with van der Waals surface area (Å²) in [5.74, 6) is 1.75. The first-order chi connectivity index (χ1) is 6.90. The fourth-order valence-corrected chi connectivity index (χ4v) is 3.07. The molecule has 4 nitrogen and oxygen atoms in total. The Hall–Kier alpha value is -0.130. The third-order valence-corrected chi connectivity index (χ3v) is 3.80. The largest absolute Gasteiger partial charge is 0.333 e. The number of rotatable bonds is 4. The van der Waals surface area contributed by atoms with Crippen LogP contribution >= 0.6 is 0 Å². The predicted octanol–water partition coefficient (Wildman–Crippen LogP) is 1.84. The summed E-state index contributed by atoms with van der Waals surface area (Å²) in [5.41, 5.74) is 0. The lowest BCUT2D eigenvalue weighted by molar-refractivity contribution is 0.202. The minimum Gasteiger partial charge on any atom is -0.273 e. The second-order valence-electron chi connectivity index (χ2n) is 4.78. The van der Waals surface area contributed by atoms with Gasteiger partial charge in [-0.25, -0.2) is 0 Å². The van der Waals surface area contributed by atoms with Gasteiger partial charge in [-0.2, -0.15) is 13.1 Å². The van der Waals surface area contributed by atoms with Gasteiger partial charge in [-0.1, -0.05) is 20.3 Å². The van der Waals surface area contributed by atoms with Crippen LogP contribution in [0.1, 0.15) is 39.5 Å². The molecular weight excluding hydrogens is 214 g/mol. The summed E-state index contributed by atoms with van der Waals surface area (Å²) in [4.78, 5) is 0. The Morgan fingerprint density at radius 3 is 2.40 bits per heavy atom. The first kappa shape index (κ1) is 12.9. The zero-order valence-electron chi connectivity index (χ0n) is 9.44.